The number of thiophene rings is 1. The van der Waals surface area contributed by atoms with Gasteiger partial charge >= 0.3 is 0 Å². The van der Waals surface area contributed by atoms with E-state index in [9.17, 15) is 13.9 Å². The number of aliphatic hydroxyl groups excluding tert-OH is 1. The minimum atomic E-state index is -0.645. The normalized spacial score (nSPS) is 12.6. The Morgan fingerprint density at radius 3 is 2.65 bits per heavy atom. The topological polar surface area (TPSA) is 20.2 Å². The molecule has 1 atom stereocenters. The first-order chi connectivity index (χ1) is 8.15. The van der Waals surface area contributed by atoms with Crippen LogP contribution in [0, 0.1) is 11.6 Å². The molecule has 0 aliphatic heterocycles. The van der Waals surface area contributed by atoms with Crippen LogP contribution in [0.15, 0.2) is 35.7 Å². The van der Waals surface area contributed by atoms with Crippen LogP contribution in [-0.4, -0.2) is 11.2 Å². The maximum atomic E-state index is 13.3. The highest BCUT2D eigenvalue weighted by Crippen LogP contribution is 2.16. The van der Waals surface area contributed by atoms with Gasteiger partial charge in [-0.1, -0.05) is 12.1 Å². The van der Waals surface area contributed by atoms with Crippen molar-refractivity contribution in [3.05, 3.63) is 57.8 Å². The summed E-state index contributed by atoms with van der Waals surface area (Å²) >= 11 is 1.55. The predicted octanol–water partition coefficient (Wildman–Crippen LogP) is 3.17. The van der Waals surface area contributed by atoms with E-state index in [1.165, 1.54) is 12.1 Å². The molecule has 0 saturated heterocycles. The summed E-state index contributed by atoms with van der Waals surface area (Å²) in [4.78, 5) is 1.06. The number of halogens is 2. The fourth-order valence-corrected chi connectivity index (χ4v) is 2.45. The van der Waals surface area contributed by atoms with E-state index in [2.05, 4.69) is 0 Å². The van der Waals surface area contributed by atoms with Gasteiger partial charge in [-0.05, 0) is 23.1 Å². The van der Waals surface area contributed by atoms with Crippen molar-refractivity contribution in [3.8, 4) is 0 Å². The van der Waals surface area contributed by atoms with Gasteiger partial charge in [0.25, 0.3) is 0 Å². The molecule has 1 unspecified atom stereocenters. The lowest BCUT2D eigenvalue weighted by Crippen LogP contribution is -2.14. The highest BCUT2D eigenvalue weighted by atomic mass is 32.1. The van der Waals surface area contributed by atoms with Crippen LogP contribution in [0.1, 0.15) is 10.4 Å². The van der Waals surface area contributed by atoms with Crippen molar-refractivity contribution < 1.29 is 13.9 Å². The van der Waals surface area contributed by atoms with Gasteiger partial charge < -0.3 is 5.11 Å². The maximum absolute atomic E-state index is 13.3. The van der Waals surface area contributed by atoms with Crippen molar-refractivity contribution in [2.75, 3.05) is 0 Å². The predicted molar refractivity (Wildman–Crippen MR) is 64.1 cm³/mol. The molecule has 0 amide bonds. The van der Waals surface area contributed by atoms with Crippen LogP contribution in [0.5, 0.6) is 0 Å². The molecule has 1 heterocycles. The van der Waals surface area contributed by atoms with Gasteiger partial charge in [-0.2, -0.15) is 0 Å². The van der Waals surface area contributed by atoms with E-state index in [1.54, 1.807) is 11.3 Å². The first-order valence-corrected chi connectivity index (χ1v) is 6.17. The van der Waals surface area contributed by atoms with Crippen molar-refractivity contribution in [2.45, 2.75) is 18.9 Å². The zero-order valence-electron chi connectivity index (χ0n) is 9.07. The van der Waals surface area contributed by atoms with Crippen LogP contribution < -0.4 is 0 Å². The minimum absolute atomic E-state index is 0.198. The summed E-state index contributed by atoms with van der Waals surface area (Å²) in [5.74, 6) is -1.20. The van der Waals surface area contributed by atoms with Crippen molar-refractivity contribution in [1.29, 1.82) is 0 Å². The zero-order chi connectivity index (χ0) is 12.3. The van der Waals surface area contributed by atoms with Gasteiger partial charge in [0.2, 0.25) is 0 Å². The van der Waals surface area contributed by atoms with Crippen molar-refractivity contribution in [1.82, 2.24) is 0 Å². The Hall–Kier alpha value is -1.26. The second-order valence-electron chi connectivity index (χ2n) is 3.88. The third-order valence-electron chi connectivity index (χ3n) is 2.49. The molecule has 1 aromatic heterocycles. The van der Waals surface area contributed by atoms with E-state index in [4.69, 9.17) is 0 Å². The average molecular weight is 254 g/mol. The summed E-state index contributed by atoms with van der Waals surface area (Å²) in [6, 6.07) is 7.26. The van der Waals surface area contributed by atoms with Crippen molar-refractivity contribution in [3.63, 3.8) is 0 Å². The summed E-state index contributed by atoms with van der Waals surface area (Å²) in [5.41, 5.74) is 0.343. The van der Waals surface area contributed by atoms with Crippen LogP contribution in [0.25, 0.3) is 0 Å². The Morgan fingerprint density at radius 2 is 2.00 bits per heavy atom. The fourth-order valence-electron chi connectivity index (χ4n) is 1.67. The van der Waals surface area contributed by atoms with Gasteiger partial charge in [0.15, 0.2) is 0 Å². The van der Waals surface area contributed by atoms with Crippen LogP contribution >= 0.6 is 11.3 Å². The first-order valence-electron chi connectivity index (χ1n) is 5.29. The molecule has 0 saturated carbocycles. The van der Waals surface area contributed by atoms with Crippen LogP contribution in [0.3, 0.4) is 0 Å². The highest BCUT2D eigenvalue weighted by molar-refractivity contribution is 7.09. The lowest BCUT2D eigenvalue weighted by Gasteiger charge is -2.10. The van der Waals surface area contributed by atoms with Crippen LogP contribution in [0.2, 0.25) is 0 Å². The van der Waals surface area contributed by atoms with Crippen molar-refractivity contribution >= 4 is 11.3 Å². The van der Waals surface area contributed by atoms with Crippen LogP contribution in [-0.2, 0) is 12.8 Å². The SMILES string of the molecule is OC(Cc1cccs1)Cc1ccc(F)cc1F. The molecule has 90 valence electrons. The first kappa shape index (κ1) is 12.2. The summed E-state index contributed by atoms with van der Waals surface area (Å²) in [6.07, 6.45) is 0.0481. The van der Waals surface area contributed by atoms with Crippen molar-refractivity contribution in [2.24, 2.45) is 0 Å². The summed E-state index contributed by atoms with van der Waals surface area (Å²) in [6.45, 7) is 0. The summed E-state index contributed by atoms with van der Waals surface area (Å²) < 4.78 is 26.0. The Morgan fingerprint density at radius 1 is 1.18 bits per heavy atom. The number of benzene rings is 1. The number of hydrogen-bond donors (Lipinski definition) is 1. The average Bonchev–Trinajstić information content (AvgIpc) is 2.75. The Kier molecular flexibility index (Phi) is 3.86. The molecule has 1 nitrogen and oxygen atoms in total. The van der Waals surface area contributed by atoms with Gasteiger partial charge in [0.1, 0.15) is 11.6 Å². The Balaban J connectivity index is 2.00. The quantitative estimate of drug-likeness (QED) is 0.888. The second-order valence-corrected chi connectivity index (χ2v) is 4.91. The largest absolute Gasteiger partial charge is 0.392 e. The molecule has 0 aliphatic carbocycles. The monoisotopic (exact) mass is 254 g/mol. The molecule has 2 rings (SSSR count). The molecule has 0 spiro atoms. The summed E-state index contributed by atoms with van der Waals surface area (Å²) in [5, 5.41) is 11.7. The molecule has 2 aromatic rings. The number of hydrogen-bond acceptors (Lipinski definition) is 2. The van der Waals surface area contributed by atoms with Gasteiger partial charge in [-0.15, -0.1) is 11.3 Å². The number of aliphatic hydroxyl groups is 1. The lowest BCUT2D eigenvalue weighted by molar-refractivity contribution is 0.175. The molecule has 1 N–H and O–H groups in total. The molecular weight excluding hydrogens is 242 g/mol. The van der Waals surface area contributed by atoms with E-state index < -0.39 is 17.7 Å². The molecule has 0 radical (unpaired) electrons. The van der Waals surface area contributed by atoms with Gasteiger partial charge in [0, 0.05) is 23.8 Å². The third kappa shape index (κ3) is 3.35. The standard InChI is InChI=1S/C13H12F2OS/c14-10-4-3-9(13(15)7-10)6-11(16)8-12-2-1-5-17-12/h1-5,7,11,16H,6,8H2. The minimum Gasteiger partial charge on any atom is -0.392 e. The molecule has 4 heteroatoms. The fraction of sp³-hybridized carbons (Fsp3) is 0.231. The highest BCUT2D eigenvalue weighted by Gasteiger charge is 2.11. The second kappa shape index (κ2) is 5.38. The smallest absolute Gasteiger partial charge is 0.129 e. The lowest BCUT2D eigenvalue weighted by atomic mass is 10.0. The number of rotatable bonds is 4. The van der Waals surface area contributed by atoms with Gasteiger partial charge in [0.05, 0.1) is 6.10 Å². The van der Waals surface area contributed by atoms with E-state index >= 15 is 0 Å². The molecule has 1 aromatic carbocycles. The Bertz CT molecular complexity index is 482. The summed E-state index contributed by atoms with van der Waals surface area (Å²) in [7, 11) is 0. The Labute approximate surface area is 102 Å². The maximum Gasteiger partial charge on any atom is 0.129 e. The molecule has 0 bridgehead atoms. The van der Waals surface area contributed by atoms with E-state index in [0.29, 0.717) is 12.0 Å². The molecule has 17 heavy (non-hydrogen) atoms. The van der Waals surface area contributed by atoms with E-state index in [1.807, 2.05) is 17.5 Å². The molecule has 0 fully saturated rings. The van der Waals surface area contributed by atoms with Gasteiger partial charge in [-0.3, -0.25) is 0 Å². The van der Waals surface area contributed by atoms with Gasteiger partial charge in [-0.25, -0.2) is 8.78 Å². The van der Waals surface area contributed by atoms with E-state index in [0.717, 1.165) is 10.9 Å². The van der Waals surface area contributed by atoms with Crippen LogP contribution in [0.4, 0.5) is 8.78 Å². The zero-order valence-corrected chi connectivity index (χ0v) is 9.88. The third-order valence-corrected chi connectivity index (χ3v) is 3.39. The molecule has 0 aliphatic rings. The molecular formula is C13H12F2OS. The van der Waals surface area contributed by atoms with E-state index in [-0.39, 0.29) is 6.42 Å².